The van der Waals surface area contributed by atoms with Gasteiger partial charge in [0.25, 0.3) is 5.95 Å². The summed E-state index contributed by atoms with van der Waals surface area (Å²) in [7, 11) is 1.69. The normalized spacial score (nSPS) is 21.3. The van der Waals surface area contributed by atoms with Crippen molar-refractivity contribution in [2.24, 2.45) is 18.7 Å². The summed E-state index contributed by atoms with van der Waals surface area (Å²) in [5.41, 5.74) is 11.1. The van der Waals surface area contributed by atoms with E-state index in [0.717, 1.165) is 0 Å². The maximum Gasteiger partial charge on any atom is 0.253 e. The predicted molar refractivity (Wildman–Crippen MR) is 54.9 cm³/mol. The molecule has 2 heterocycles. The van der Waals surface area contributed by atoms with Crippen molar-refractivity contribution < 1.29 is 4.79 Å². The molecule has 0 radical (unpaired) electrons. The molecule has 1 unspecified atom stereocenters. The van der Waals surface area contributed by atoms with Crippen LogP contribution in [0, 0.1) is 5.92 Å². The fraction of sp³-hybridized carbons (Fsp3) is 0.625. The molecule has 1 atom stereocenters. The number of nitrogens with two attached hydrogens (primary N) is 2. The van der Waals surface area contributed by atoms with Gasteiger partial charge in [-0.3, -0.25) is 9.69 Å². The molecular formula is C8H14N6O. The molecule has 1 amide bonds. The molecule has 1 aliphatic rings. The molecular weight excluding hydrogens is 196 g/mol. The molecule has 1 aliphatic heterocycles. The number of amides is 1. The molecule has 1 aromatic rings. The number of carbonyl (C=O) groups is 1. The Labute approximate surface area is 87.0 Å². The van der Waals surface area contributed by atoms with Crippen molar-refractivity contribution in [1.29, 1.82) is 0 Å². The number of hydrogen-bond donors (Lipinski definition) is 2. The van der Waals surface area contributed by atoms with E-state index in [0.29, 0.717) is 31.4 Å². The Bertz CT molecular complexity index is 367. The molecule has 7 heteroatoms. The van der Waals surface area contributed by atoms with E-state index in [1.165, 1.54) is 9.58 Å². The van der Waals surface area contributed by atoms with Crippen molar-refractivity contribution in [3.8, 4) is 0 Å². The predicted octanol–water partition coefficient (Wildman–Crippen LogP) is -1.29. The Morgan fingerprint density at radius 1 is 1.60 bits per heavy atom. The van der Waals surface area contributed by atoms with E-state index < -0.39 is 0 Å². The minimum absolute atomic E-state index is 0.0102. The van der Waals surface area contributed by atoms with Crippen molar-refractivity contribution in [2.75, 3.05) is 23.7 Å². The van der Waals surface area contributed by atoms with Gasteiger partial charge in [0, 0.05) is 20.0 Å². The van der Waals surface area contributed by atoms with Crippen LogP contribution in [0.25, 0.3) is 0 Å². The Balaban J connectivity index is 2.21. The third-order valence-corrected chi connectivity index (χ3v) is 2.57. The van der Waals surface area contributed by atoms with E-state index in [1.807, 2.05) is 0 Å². The van der Waals surface area contributed by atoms with Gasteiger partial charge in [0.1, 0.15) is 0 Å². The SMILES string of the molecule is Cn1nc(N2CC(CN)CC2=O)nc1N. The largest absolute Gasteiger partial charge is 0.368 e. The first-order chi connectivity index (χ1) is 7.11. The lowest BCUT2D eigenvalue weighted by Crippen LogP contribution is -2.26. The highest BCUT2D eigenvalue weighted by atomic mass is 16.2. The summed E-state index contributed by atoms with van der Waals surface area (Å²) < 4.78 is 1.44. The van der Waals surface area contributed by atoms with Gasteiger partial charge in [-0.1, -0.05) is 0 Å². The number of nitrogen functional groups attached to an aromatic ring is 1. The average molecular weight is 210 g/mol. The number of carbonyl (C=O) groups excluding carboxylic acids is 1. The molecule has 1 saturated heterocycles. The number of rotatable bonds is 2. The molecule has 0 aromatic carbocycles. The van der Waals surface area contributed by atoms with Crippen molar-refractivity contribution in [3.63, 3.8) is 0 Å². The Morgan fingerprint density at radius 3 is 2.80 bits per heavy atom. The second kappa shape index (κ2) is 3.50. The van der Waals surface area contributed by atoms with E-state index in [9.17, 15) is 4.79 Å². The minimum atomic E-state index is 0.0102. The van der Waals surface area contributed by atoms with E-state index in [2.05, 4.69) is 10.1 Å². The lowest BCUT2D eigenvalue weighted by Gasteiger charge is -2.10. The minimum Gasteiger partial charge on any atom is -0.368 e. The molecule has 0 bridgehead atoms. The van der Waals surface area contributed by atoms with Crippen LogP contribution >= 0.6 is 0 Å². The summed E-state index contributed by atoms with van der Waals surface area (Å²) in [5, 5.41) is 4.06. The summed E-state index contributed by atoms with van der Waals surface area (Å²) in [5.74, 6) is 0.878. The van der Waals surface area contributed by atoms with Gasteiger partial charge in [-0.2, -0.15) is 4.98 Å². The first kappa shape index (κ1) is 9.91. The van der Waals surface area contributed by atoms with Crippen LogP contribution in [0.15, 0.2) is 0 Å². The van der Waals surface area contributed by atoms with Crippen molar-refractivity contribution >= 4 is 17.8 Å². The first-order valence-corrected chi connectivity index (χ1v) is 4.78. The van der Waals surface area contributed by atoms with Crippen LogP contribution in [0.4, 0.5) is 11.9 Å². The van der Waals surface area contributed by atoms with Gasteiger partial charge in [0.15, 0.2) is 0 Å². The van der Waals surface area contributed by atoms with E-state index in [4.69, 9.17) is 11.5 Å². The van der Waals surface area contributed by atoms with Crippen LogP contribution in [0.2, 0.25) is 0 Å². The van der Waals surface area contributed by atoms with Crippen molar-refractivity contribution in [1.82, 2.24) is 14.8 Å². The molecule has 15 heavy (non-hydrogen) atoms. The lowest BCUT2D eigenvalue weighted by atomic mass is 10.1. The van der Waals surface area contributed by atoms with Gasteiger partial charge in [-0.15, -0.1) is 5.10 Å². The fourth-order valence-electron chi connectivity index (χ4n) is 1.63. The Morgan fingerprint density at radius 2 is 2.33 bits per heavy atom. The zero-order valence-electron chi connectivity index (χ0n) is 8.55. The van der Waals surface area contributed by atoms with Crippen LogP contribution in [-0.4, -0.2) is 33.8 Å². The third kappa shape index (κ3) is 1.65. The highest BCUT2D eigenvalue weighted by Gasteiger charge is 2.32. The lowest BCUT2D eigenvalue weighted by molar-refractivity contribution is -0.117. The Hall–Kier alpha value is -1.63. The van der Waals surface area contributed by atoms with Gasteiger partial charge < -0.3 is 11.5 Å². The molecule has 7 nitrogen and oxygen atoms in total. The highest BCUT2D eigenvalue weighted by Crippen LogP contribution is 2.21. The van der Waals surface area contributed by atoms with E-state index >= 15 is 0 Å². The maximum absolute atomic E-state index is 11.6. The fourth-order valence-corrected chi connectivity index (χ4v) is 1.63. The summed E-state index contributed by atoms with van der Waals surface area (Å²) in [6, 6.07) is 0. The topological polar surface area (TPSA) is 103 Å². The number of aromatic nitrogens is 3. The first-order valence-electron chi connectivity index (χ1n) is 4.78. The van der Waals surface area contributed by atoms with Crippen molar-refractivity contribution in [2.45, 2.75) is 6.42 Å². The second-order valence-corrected chi connectivity index (χ2v) is 3.70. The number of nitrogens with zero attached hydrogens (tertiary/aromatic N) is 4. The van der Waals surface area contributed by atoms with Gasteiger partial charge >= 0.3 is 0 Å². The molecule has 4 N–H and O–H groups in total. The monoisotopic (exact) mass is 210 g/mol. The molecule has 0 saturated carbocycles. The van der Waals surface area contributed by atoms with Crippen LogP contribution in [0.1, 0.15) is 6.42 Å². The number of anilines is 2. The average Bonchev–Trinajstić information content (AvgIpc) is 2.71. The summed E-state index contributed by atoms with van der Waals surface area (Å²) in [6.07, 6.45) is 0.467. The van der Waals surface area contributed by atoms with E-state index in [-0.39, 0.29) is 11.8 Å². The molecule has 1 aromatic heterocycles. The van der Waals surface area contributed by atoms with Crippen LogP contribution in [0.3, 0.4) is 0 Å². The molecule has 0 spiro atoms. The van der Waals surface area contributed by atoms with Gasteiger partial charge in [0.2, 0.25) is 11.9 Å². The zero-order valence-corrected chi connectivity index (χ0v) is 8.55. The molecule has 2 rings (SSSR count). The second-order valence-electron chi connectivity index (χ2n) is 3.70. The van der Waals surface area contributed by atoms with Crippen LogP contribution in [-0.2, 0) is 11.8 Å². The molecule has 82 valence electrons. The summed E-state index contributed by atoms with van der Waals surface area (Å²) in [6.45, 7) is 1.09. The van der Waals surface area contributed by atoms with Crippen LogP contribution < -0.4 is 16.4 Å². The molecule has 0 aliphatic carbocycles. The van der Waals surface area contributed by atoms with Gasteiger partial charge in [0.05, 0.1) is 0 Å². The van der Waals surface area contributed by atoms with Gasteiger partial charge in [-0.25, -0.2) is 4.68 Å². The van der Waals surface area contributed by atoms with E-state index in [1.54, 1.807) is 7.05 Å². The van der Waals surface area contributed by atoms with Crippen LogP contribution in [0.5, 0.6) is 0 Å². The highest BCUT2D eigenvalue weighted by molar-refractivity contribution is 5.94. The standard InChI is InChI=1S/C8H14N6O/c1-13-7(10)11-8(12-13)14-4-5(3-9)2-6(14)15/h5H,2-4,9H2,1H3,(H2,10,11,12). The number of hydrogen-bond acceptors (Lipinski definition) is 5. The summed E-state index contributed by atoms with van der Waals surface area (Å²) >= 11 is 0. The number of aryl methyl sites for hydroxylation is 1. The third-order valence-electron chi connectivity index (χ3n) is 2.57. The maximum atomic E-state index is 11.6. The van der Waals surface area contributed by atoms with Crippen molar-refractivity contribution in [3.05, 3.63) is 0 Å². The zero-order chi connectivity index (χ0) is 11.0. The Kier molecular flexibility index (Phi) is 2.31. The molecule has 1 fully saturated rings. The summed E-state index contributed by atoms with van der Waals surface area (Å²) in [4.78, 5) is 17.1. The quantitative estimate of drug-likeness (QED) is 0.632. The van der Waals surface area contributed by atoms with Gasteiger partial charge in [-0.05, 0) is 12.5 Å². The smallest absolute Gasteiger partial charge is 0.253 e.